The van der Waals surface area contributed by atoms with Crippen LogP contribution < -0.4 is 0 Å². The lowest BCUT2D eigenvalue weighted by Crippen LogP contribution is -2.31. The molecule has 0 aliphatic carbocycles. The number of carbonyl (C=O) groups excluding carboxylic acids is 1. The predicted octanol–water partition coefficient (Wildman–Crippen LogP) is 3.35. The van der Waals surface area contributed by atoms with Crippen molar-refractivity contribution in [3.8, 4) is 22.6 Å². The van der Waals surface area contributed by atoms with Gasteiger partial charge in [0.15, 0.2) is 0 Å². The van der Waals surface area contributed by atoms with Crippen LogP contribution in [0.4, 0.5) is 4.39 Å². The van der Waals surface area contributed by atoms with Gasteiger partial charge in [-0.2, -0.15) is 10.5 Å². The second kappa shape index (κ2) is 6.84. The first-order valence-corrected chi connectivity index (χ1v) is 7.28. The third kappa shape index (κ3) is 3.30. The molecule has 0 aliphatic rings. The fourth-order valence-electron chi connectivity index (χ4n) is 2.00. The summed E-state index contributed by atoms with van der Waals surface area (Å²) in [6.07, 6.45) is 0. The average molecular weight is 313 g/mol. The normalized spacial score (nSPS) is 9.82. The summed E-state index contributed by atoms with van der Waals surface area (Å²) < 4.78 is 13.0. The van der Waals surface area contributed by atoms with E-state index in [-0.39, 0.29) is 24.8 Å². The van der Waals surface area contributed by atoms with Gasteiger partial charge in [0.05, 0.1) is 17.0 Å². The molecule has 0 N–H and O–H groups in total. The molecule has 4 nitrogen and oxygen atoms in total. The van der Waals surface area contributed by atoms with Crippen LogP contribution in [0.3, 0.4) is 0 Å². The van der Waals surface area contributed by atoms with Crippen molar-refractivity contribution in [3.05, 3.63) is 46.6 Å². The zero-order chi connectivity index (χ0) is 16.1. The zero-order valence-electron chi connectivity index (χ0n) is 11.8. The first kappa shape index (κ1) is 15.7. The van der Waals surface area contributed by atoms with Crippen LogP contribution in [0.5, 0.6) is 0 Å². The minimum Gasteiger partial charge on any atom is -0.311 e. The quantitative estimate of drug-likeness (QED) is 0.813. The maximum absolute atomic E-state index is 13.0. The molecule has 110 valence electrons. The van der Waals surface area contributed by atoms with Gasteiger partial charge in [-0.3, -0.25) is 4.79 Å². The van der Waals surface area contributed by atoms with E-state index in [1.54, 1.807) is 18.2 Å². The van der Waals surface area contributed by atoms with Crippen LogP contribution in [-0.4, -0.2) is 23.9 Å². The average Bonchev–Trinajstić information content (AvgIpc) is 2.89. The van der Waals surface area contributed by atoms with Gasteiger partial charge >= 0.3 is 0 Å². The van der Waals surface area contributed by atoms with E-state index in [0.29, 0.717) is 4.88 Å². The molecule has 0 aliphatic heterocycles. The fraction of sp³-hybridized carbons (Fsp3) is 0.188. The number of benzene rings is 1. The number of nitrogens with zero attached hydrogens (tertiary/aromatic N) is 3. The molecule has 0 fully saturated rings. The Morgan fingerprint density at radius 2 is 1.82 bits per heavy atom. The van der Waals surface area contributed by atoms with Crippen molar-refractivity contribution in [2.75, 3.05) is 13.1 Å². The summed E-state index contributed by atoms with van der Waals surface area (Å²) in [6, 6.07) is 11.5. The van der Waals surface area contributed by atoms with Crippen LogP contribution >= 0.6 is 11.3 Å². The second-order valence-electron chi connectivity index (χ2n) is 4.61. The highest BCUT2D eigenvalue weighted by Crippen LogP contribution is 2.33. The summed E-state index contributed by atoms with van der Waals surface area (Å²) in [5, 5.41) is 17.5. The lowest BCUT2D eigenvalue weighted by Gasteiger charge is -2.14. The van der Waals surface area contributed by atoms with Crippen molar-refractivity contribution in [1.82, 2.24) is 4.90 Å². The Labute approximate surface area is 131 Å². The minimum atomic E-state index is -0.343. The summed E-state index contributed by atoms with van der Waals surface area (Å²) in [7, 11) is 0. The van der Waals surface area contributed by atoms with E-state index in [4.69, 9.17) is 10.5 Å². The third-order valence-corrected chi connectivity index (χ3v) is 4.32. The molecule has 1 aromatic heterocycles. The van der Waals surface area contributed by atoms with Crippen molar-refractivity contribution in [2.24, 2.45) is 0 Å². The number of hydrogen-bond donors (Lipinski definition) is 0. The molecule has 0 saturated heterocycles. The minimum absolute atomic E-state index is 0.130. The Kier molecular flexibility index (Phi) is 4.88. The van der Waals surface area contributed by atoms with Crippen molar-refractivity contribution in [1.29, 1.82) is 10.5 Å². The molecule has 0 unspecified atom stereocenters. The van der Waals surface area contributed by atoms with E-state index in [2.05, 4.69) is 0 Å². The monoisotopic (exact) mass is 313 g/mol. The Bertz CT molecular complexity index is 752. The van der Waals surface area contributed by atoms with Gasteiger partial charge in [-0.25, -0.2) is 4.39 Å². The molecule has 6 heteroatoms. The van der Waals surface area contributed by atoms with E-state index in [0.717, 1.165) is 16.0 Å². The molecule has 1 aromatic carbocycles. The van der Waals surface area contributed by atoms with Crippen molar-refractivity contribution in [2.45, 2.75) is 6.92 Å². The molecule has 2 rings (SSSR count). The molecule has 0 radical (unpaired) electrons. The van der Waals surface area contributed by atoms with Crippen LogP contribution in [0.2, 0.25) is 0 Å². The standard InChI is InChI=1S/C16H12FN3OS/c1-11-10-14(16(21)20(8-6-18)9-7-19)22-15(11)12-2-4-13(17)5-3-12/h2-5,10H,8-9H2,1H3. The van der Waals surface area contributed by atoms with Gasteiger partial charge in [-0.1, -0.05) is 12.1 Å². The highest BCUT2D eigenvalue weighted by atomic mass is 32.1. The summed E-state index contributed by atoms with van der Waals surface area (Å²) in [5.41, 5.74) is 1.73. The zero-order valence-corrected chi connectivity index (χ0v) is 12.7. The van der Waals surface area contributed by atoms with E-state index in [1.165, 1.54) is 28.4 Å². The van der Waals surface area contributed by atoms with Gasteiger partial charge in [0.25, 0.3) is 5.91 Å². The SMILES string of the molecule is Cc1cc(C(=O)N(CC#N)CC#N)sc1-c1ccc(F)cc1. The number of carbonyl (C=O) groups is 1. The predicted molar refractivity (Wildman–Crippen MR) is 81.6 cm³/mol. The number of aryl methyl sites for hydroxylation is 1. The molecular formula is C16H12FN3OS. The van der Waals surface area contributed by atoms with Crippen molar-refractivity contribution in [3.63, 3.8) is 0 Å². The number of amides is 1. The molecule has 0 saturated carbocycles. The highest BCUT2D eigenvalue weighted by Gasteiger charge is 2.19. The summed E-state index contributed by atoms with van der Waals surface area (Å²) >= 11 is 1.27. The van der Waals surface area contributed by atoms with E-state index in [1.807, 2.05) is 19.1 Å². The Morgan fingerprint density at radius 3 is 2.36 bits per heavy atom. The Hall–Kier alpha value is -2.70. The lowest BCUT2D eigenvalue weighted by atomic mass is 10.1. The molecule has 22 heavy (non-hydrogen) atoms. The van der Waals surface area contributed by atoms with Crippen molar-refractivity contribution < 1.29 is 9.18 Å². The summed E-state index contributed by atoms with van der Waals surface area (Å²) in [4.78, 5) is 14.9. The molecule has 0 bridgehead atoms. The van der Waals surface area contributed by atoms with Gasteiger partial charge in [0.1, 0.15) is 18.9 Å². The molecule has 0 spiro atoms. The van der Waals surface area contributed by atoms with Gasteiger partial charge in [0, 0.05) is 4.88 Å². The Balaban J connectivity index is 2.33. The van der Waals surface area contributed by atoms with Crippen LogP contribution in [-0.2, 0) is 0 Å². The van der Waals surface area contributed by atoms with Gasteiger partial charge in [0.2, 0.25) is 0 Å². The topological polar surface area (TPSA) is 67.9 Å². The lowest BCUT2D eigenvalue weighted by molar-refractivity contribution is 0.0799. The Morgan fingerprint density at radius 1 is 1.23 bits per heavy atom. The van der Waals surface area contributed by atoms with Crippen LogP contribution in [0.15, 0.2) is 30.3 Å². The second-order valence-corrected chi connectivity index (χ2v) is 5.66. The number of rotatable bonds is 4. The smallest absolute Gasteiger partial charge is 0.265 e. The summed E-state index contributed by atoms with van der Waals surface area (Å²) in [5.74, 6) is -0.659. The maximum atomic E-state index is 13.0. The van der Waals surface area contributed by atoms with Gasteiger partial charge < -0.3 is 4.90 Å². The number of nitriles is 2. The number of halogens is 1. The first-order valence-electron chi connectivity index (χ1n) is 6.46. The number of thiophene rings is 1. The van der Waals surface area contributed by atoms with E-state index >= 15 is 0 Å². The summed E-state index contributed by atoms with van der Waals surface area (Å²) in [6.45, 7) is 1.61. The van der Waals surface area contributed by atoms with Crippen LogP contribution in [0, 0.1) is 35.4 Å². The highest BCUT2D eigenvalue weighted by molar-refractivity contribution is 7.17. The van der Waals surface area contributed by atoms with E-state index < -0.39 is 0 Å². The molecule has 1 amide bonds. The van der Waals surface area contributed by atoms with Gasteiger partial charge in [-0.15, -0.1) is 11.3 Å². The largest absolute Gasteiger partial charge is 0.311 e. The molecule has 0 atom stereocenters. The fourth-order valence-corrected chi connectivity index (χ4v) is 3.15. The molecular weight excluding hydrogens is 301 g/mol. The number of hydrogen-bond acceptors (Lipinski definition) is 4. The van der Waals surface area contributed by atoms with E-state index in [9.17, 15) is 9.18 Å². The van der Waals surface area contributed by atoms with Gasteiger partial charge in [-0.05, 0) is 36.2 Å². The van der Waals surface area contributed by atoms with Crippen LogP contribution in [0.25, 0.3) is 10.4 Å². The first-order chi connectivity index (χ1) is 10.6. The molecule has 2 aromatic rings. The maximum Gasteiger partial charge on any atom is 0.265 e. The molecule has 1 heterocycles. The van der Waals surface area contributed by atoms with Crippen molar-refractivity contribution >= 4 is 17.2 Å². The third-order valence-electron chi connectivity index (χ3n) is 3.05. The van der Waals surface area contributed by atoms with Crippen LogP contribution in [0.1, 0.15) is 15.2 Å².